The van der Waals surface area contributed by atoms with Crippen molar-refractivity contribution in [2.75, 3.05) is 11.9 Å². The van der Waals surface area contributed by atoms with E-state index in [-0.39, 0.29) is 0 Å². The number of anilines is 1. The number of rotatable bonds is 4. The highest BCUT2D eigenvalue weighted by atomic mass is 32.1. The summed E-state index contributed by atoms with van der Waals surface area (Å²) in [7, 11) is 2.04. The molecular formula is C15H16N4S. The van der Waals surface area contributed by atoms with Gasteiger partial charge in [0.05, 0.1) is 17.6 Å². The molecule has 3 aromatic rings. The van der Waals surface area contributed by atoms with Crippen LogP contribution in [0.4, 0.5) is 5.82 Å². The molecule has 3 aromatic heterocycles. The smallest absolute Gasteiger partial charge is 0.140 e. The Kier molecular flexibility index (Phi) is 3.60. The second-order valence-electron chi connectivity index (χ2n) is 4.66. The number of fused-ring (bicyclic) bond motifs is 1. The Hall–Kier alpha value is -2.01. The molecule has 0 saturated carbocycles. The van der Waals surface area contributed by atoms with Gasteiger partial charge in [-0.05, 0) is 24.6 Å². The lowest BCUT2D eigenvalue weighted by molar-refractivity contribution is 0.868. The average Bonchev–Trinajstić information content (AvgIpc) is 2.91. The van der Waals surface area contributed by atoms with Crippen LogP contribution in [0.15, 0.2) is 36.8 Å². The maximum absolute atomic E-state index is 4.44. The molecule has 0 N–H and O–H groups in total. The summed E-state index contributed by atoms with van der Waals surface area (Å²) in [5.41, 5.74) is 1.03. The van der Waals surface area contributed by atoms with Gasteiger partial charge >= 0.3 is 0 Å². The van der Waals surface area contributed by atoms with Gasteiger partial charge in [0, 0.05) is 18.1 Å². The summed E-state index contributed by atoms with van der Waals surface area (Å²) in [6, 6.07) is 8.16. The van der Waals surface area contributed by atoms with Gasteiger partial charge in [0.2, 0.25) is 0 Å². The minimum absolute atomic E-state index is 0.740. The number of aryl methyl sites for hydroxylation is 1. The summed E-state index contributed by atoms with van der Waals surface area (Å²) in [5.74, 6) is 0.969. The van der Waals surface area contributed by atoms with E-state index < -0.39 is 0 Å². The van der Waals surface area contributed by atoms with Gasteiger partial charge in [-0.3, -0.25) is 4.98 Å². The third kappa shape index (κ3) is 2.49. The van der Waals surface area contributed by atoms with Crippen LogP contribution >= 0.6 is 11.3 Å². The van der Waals surface area contributed by atoms with E-state index in [9.17, 15) is 0 Å². The van der Waals surface area contributed by atoms with Crippen LogP contribution in [-0.4, -0.2) is 22.0 Å². The standard InChI is InChI=1S/C15H16N4S/c1-3-12-8-13-14(17-10-18-15(13)20-12)19(2)9-11-6-4-5-7-16-11/h4-8,10H,3,9H2,1-2H3. The molecule has 0 aliphatic carbocycles. The van der Waals surface area contributed by atoms with E-state index in [1.165, 1.54) is 4.88 Å². The van der Waals surface area contributed by atoms with Gasteiger partial charge < -0.3 is 4.90 Å². The van der Waals surface area contributed by atoms with Crippen molar-refractivity contribution in [2.24, 2.45) is 0 Å². The zero-order valence-corrected chi connectivity index (χ0v) is 12.4. The second-order valence-corrected chi connectivity index (χ2v) is 5.77. The van der Waals surface area contributed by atoms with Crippen molar-refractivity contribution in [1.82, 2.24) is 15.0 Å². The van der Waals surface area contributed by atoms with Crippen molar-refractivity contribution in [2.45, 2.75) is 19.9 Å². The highest BCUT2D eigenvalue weighted by Gasteiger charge is 2.12. The highest BCUT2D eigenvalue weighted by Crippen LogP contribution is 2.30. The third-order valence-electron chi connectivity index (χ3n) is 3.19. The molecule has 0 atom stereocenters. The van der Waals surface area contributed by atoms with Crippen molar-refractivity contribution >= 4 is 27.4 Å². The summed E-state index contributed by atoms with van der Waals surface area (Å²) >= 11 is 1.74. The molecule has 0 fully saturated rings. The first-order valence-electron chi connectivity index (χ1n) is 6.62. The summed E-state index contributed by atoms with van der Waals surface area (Å²) in [6.45, 7) is 2.90. The number of nitrogens with zero attached hydrogens (tertiary/aromatic N) is 4. The first-order chi connectivity index (χ1) is 9.78. The van der Waals surface area contributed by atoms with Crippen LogP contribution in [0.25, 0.3) is 10.2 Å². The fraction of sp³-hybridized carbons (Fsp3) is 0.267. The quantitative estimate of drug-likeness (QED) is 0.737. The fourth-order valence-corrected chi connectivity index (χ4v) is 3.11. The molecule has 0 aliphatic rings. The van der Waals surface area contributed by atoms with Crippen molar-refractivity contribution in [1.29, 1.82) is 0 Å². The van der Waals surface area contributed by atoms with E-state index in [1.54, 1.807) is 17.7 Å². The van der Waals surface area contributed by atoms with Crippen molar-refractivity contribution in [3.63, 3.8) is 0 Å². The lowest BCUT2D eigenvalue weighted by Crippen LogP contribution is -2.18. The normalized spacial score (nSPS) is 10.9. The van der Waals surface area contributed by atoms with E-state index in [0.717, 1.165) is 34.7 Å². The van der Waals surface area contributed by atoms with Crippen molar-refractivity contribution in [3.05, 3.63) is 47.4 Å². The molecule has 0 unspecified atom stereocenters. The molecule has 0 aliphatic heterocycles. The van der Waals surface area contributed by atoms with Gasteiger partial charge in [-0.25, -0.2) is 9.97 Å². The molecule has 3 heterocycles. The van der Waals surface area contributed by atoms with Gasteiger partial charge in [0.1, 0.15) is 17.0 Å². The zero-order valence-electron chi connectivity index (χ0n) is 11.6. The predicted octanol–water partition coefficient (Wildman–Crippen LogP) is 3.29. The SMILES string of the molecule is CCc1cc2c(N(C)Cc3ccccn3)ncnc2s1. The van der Waals surface area contributed by atoms with Crippen molar-refractivity contribution in [3.8, 4) is 0 Å². The second kappa shape index (κ2) is 5.54. The van der Waals surface area contributed by atoms with Crippen LogP contribution in [0.5, 0.6) is 0 Å². The molecule has 0 amide bonds. The van der Waals surface area contributed by atoms with Gasteiger partial charge in [0.15, 0.2) is 0 Å². The predicted molar refractivity (Wildman–Crippen MR) is 83.1 cm³/mol. The molecule has 0 saturated heterocycles. The maximum atomic E-state index is 4.44. The van der Waals surface area contributed by atoms with Gasteiger partial charge in [-0.2, -0.15) is 0 Å². The Labute approximate surface area is 122 Å². The van der Waals surface area contributed by atoms with Crippen LogP contribution in [0.3, 0.4) is 0 Å². The number of hydrogen-bond donors (Lipinski definition) is 0. The van der Waals surface area contributed by atoms with Gasteiger partial charge in [0.25, 0.3) is 0 Å². The molecule has 3 rings (SSSR count). The van der Waals surface area contributed by atoms with Crippen LogP contribution < -0.4 is 4.90 Å². The van der Waals surface area contributed by atoms with E-state index in [4.69, 9.17) is 0 Å². The van der Waals surface area contributed by atoms with Gasteiger partial charge in [-0.1, -0.05) is 13.0 Å². The third-order valence-corrected chi connectivity index (χ3v) is 4.38. The molecule has 0 aromatic carbocycles. The number of hydrogen-bond acceptors (Lipinski definition) is 5. The molecule has 5 heteroatoms. The molecule has 0 bridgehead atoms. The average molecular weight is 284 g/mol. The summed E-state index contributed by atoms with van der Waals surface area (Å²) < 4.78 is 0. The van der Waals surface area contributed by atoms with Crippen LogP contribution in [0.1, 0.15) is 17.5 Å². The van der Waals surface area contributed by atoms with E-state index in [1.807, 2.05) is 31.4 Å². The lowest BCUT2D eigenvalue weighted by Gasteiger charge is -2.18. The molecule has 20 heavy (non-hydrogen) atoms. The Morgan fingerprint density at radius 2 is 2.10 bits per heavy atom. The molecule has 0 radical (unpaired) electrons. The molecule has 4 nitrogen and oxygen atoms in total. The van der Waals surface area contributed by atoms with E-state index in [0.29, 0.717) is 0 Å². The summed E-state index contributed by atoms with van der Waals surface area (Å²) in [5, 5.41) is 1.13. The summed E-state index contributed by atoms with van der Waals surface area (Å²) in [4.78, 5) is 17.7. The van der Waals surface area contributed by atoms with Crippen LogP contribution in [0.2, 0.25) is 0 Å². The Bertz CT molecular complexity index is 708. The first-order valence-corrected chi connectivity index (χ1v) is 7.44. The fourth-order valence-electron chi connectivity index (χ4n) is 2.18. The highest BCUT2D eigenvalue weighted by molar-refractivity contribution is 7.18. The number of thiophene rings is 1. The summed E-state index contributed by atoms with van der Waals surface area (Å²) in [6.07, 6.45) is 4.49. The minimum Gasteiger partial charge on any atom is -0.353 e. The molecule has 0 spiro atoms. The number of pyridine rings is 1. The Morgan fingerprint density at radius 1 is 1.20 bits per heavy atom. The first kappa shape index (κ1) is 13.0. The van der Waals surface area contributed by atoms with Crippen molar-refractivity contribution < 1.29 is 0 Å². The Balaban J connectivity index is 1.94. The van der Waals surface area contributed by atoms with Gasteiger partial charge in [-0.15, -0.1) is 11.3 Å². The van der Waals surface area contributed by atoms with Crippen LogP contribution in [-0.2, 0) is 13.0 Å². The lowest BCUT2D eigenvalue weighted by atomic mass is 10.3. The van der Waals surface area contributed by atoms with E-state index >= 15 is 0 Å². The zero-order chi connectivity index (χ0) is 13.9. The van der Waals surface area contributed by atoms with E-state index in [2.05, 4.69) is 32.8 Å². The molecule has 102 valence electrons. The number of aromatic nitrogens is 3. The molecular weight excluding hydrogens is 268 g/mol. The Morgan fingerprint density at radius 3 is 2.85 bits per heavy atom. The maximum Gasteiger partial charge on any atom is 0.140 e. The monoisotopic (exact) mass is 284 g/mol. The minimum atomic E-state index is 0.740. The largest absolute Gasteiger partial charge is 0.353 e. The topological polar surface area (TPSA) is 41.9 Å². The van der Waals surface area contributed by atoms with Crippen LogP contribution in [0, 0.1) is 0 Å².